The first-order valence-electron chi connectivity index (χ1n) is 6.66. The number of hydrogen-bond acceptors (Lipinski definition) is 5. The van der Waals surface area contributed by atoms with Gasteiger partial charge in [-0.1, -0.05) is 17.3 Å². The van der Waals surface area contributed by atoms with Crippen LogP contribution < -0.4 is 4.74 Å². The molecule has 3 aromatic rings. The lowest BCUT2D eigenvalue weighted by molar-refractivity contribution is 0.241. The molecule has 2 aromatic heterocycles. The zero-order valence-electron chi connectivity index (χ0n) is 11.9. The summed E-state index contributed by atoms with van der Waals surface area (Å²) in [7, 11) is 0. The molecule has 0 spiro atoms. The van der Waals surface area contributed by atoms with Gasteiger partial charge in [0.1, 0.15) is 5.75 Å². The number of benzene rings is 1. The Balaban J connectivity index is 1.72. The van der Waals surface area contributed by atoms with Crippen molar-refractivity contribution in [1.29, 1.82) is 0 Å². The van der Waals surface area contributed by atoms with Crippen LogP contribution in [0.25, 0.3) is 11.4 Å². The van der Waals surface area contributed by atoms with Crippen molar-refractivity contribution < 1.29 is 9.26 Å². The summed E-state index contributed by atoms with van der Waals surface area (Å²) < 4.78 is 10.9. The largest absolute Gasteiger partial charge is 0.483 e. The van der Waals surface area contributed by atoms with Crippen LogP contribution in [-0.2, 0) is 6.61 Å². The maximum absolute atomic E-state index is 5.74. The average Bonchev–Trinajstić information content (AvgIpc) is 2.99. The average molecular weight is 281 g/mol. The Labute approximate surface area is 122 Å². The molecule has 0 amide bonds. The van der Waals surface area contributed by atoms with Crippen LogP contribution in [0.5, 0.6) is 5.75 Å². The summed E-state index contributed by atoms with van der Waals surface area (Å²) >= 11 is 0. The zero-order valence-corrected chi connectivity index (χ0v) is 11.9. The Morgan fingerprint density at radius 2 is 2.05 bits per heavy atom. The second-order valence-electron chi connectivity index (χ2n) is 4.74. The Hall–Kier alpha value is -2.69. The Bertz CT molecular complexity index is 738. The summed E-state index contributed by atoms with van der Waals surface area (Å²) in [4.78, 5) is 8.34. The standard InChI is InChI=1S/C16H15N3O2/c1-11-5-3-7-14(12(11)2)20-10-15-18-16(19-21-15)13-6-4-8-17-9-13/h3-9H,10H2,1-2H3. The van der Waals surface area contributed by atoms with Crippen molar-refractivity contribution in [3.8, 4) is 17.1 Å². The van der Waals surface area contributed by atoms with Gasteiger partial charge in [0.15, 0.2) is 6.61 Å². The number of rotatable bonds is 4. The molecule has 0 radical (unpaired) electrons. The fourth-order valence-corrected chi connectivity index (χ4v) is 1.95. The van der Waals surface area contributed by atoms with Crippen LogP contribution in [0.15, 0.2) is 47.2 Å². The summed E-state index contributed by atoms with van der Waals surface area (Å²) in [5, 5.41) is 3.93. The summed E-state index contributed by atoms with van der Waals surface area (Å²) in [6.45, 7) is 4.33. The number of aryl methyl sites for hydroxylation is 1. The fourth-order valence-electron chi connectivity index (χ4n) is 1.95. The van der Waals surface area contributed by atoms with Gasteiger partial charge in [-0.2, -0.15) is 4.98 Å². The molecule has 5 nitrogen and oxygen atoms in total. The molecule has 2 heterocycles. The van der Waals surface area contributed by atoms with Crippen LogP contribution in [0.2, 0.25) is 0 Å². The van der Waals surface area contributed by atoms with E-state index < -0.39 is 0 Å². The van der Waals surface area contributed by atoms with Gasteiger partial charge in [-0.25, -0.2) is 0 Å². The minimum atomic E-state index is 0.248. The highest BCUT2D eigenvalue weighted by Gasteiger charge is 2.10. The molecule has 0 fully saturated rings. The smallest absolute Gasteiger partial charge is 0.264 e. The molecule has 0 unspecified atom stereocenters. The van der Waals surface area contributed by atoms with E-state index in [-0.39, 0.29) is 6.61 Å². The van der Waals surface area contributed by atoms with Crippen LogP contribution in [0.3, 0.4) is 0 Å². The molecule has 0 bridgehead atoms. The SMILES string of the molecule is Cc1cccc(OCc2nc(-c3cccnc3)no2)c1C. The van der Waals surface area contributed by atoms with Crippen LogP contribution in [0.4, 0.5) is 0 Å². The maximum Gasteiger partial charge on any atom is 0.264 e. The number of aromatic nitrogens is 3. The fraction of sp³-hybridized carbons (Fsp3) is 0.188. The Kier molecular flexibility index (Phi) is 3.64. The van der Waals surface area contributed by atoms with Gasteiger partial charge in [-0.05, 0) is 43.2 Å². The van der Waals surface area contributed by atoms with Gasteiger partial charge < -0.3 is 9.26 Å². The predicted molar refractivity (Wildman–Crippen MR) is 77.8 cm³/mol. The third kappa shape index (κ3) is 2.91. The van der Waals surface area contributed by atoms with E-state index in [9.17, 15) is 0 Å². The third-order valence-corrected chi connectivity index (χ3v) is 3.29. The van der Waals surface area contributed by atoms with E-state index in [1.807, 2.05) is 31.2 Å². The van der Waals surface area contributed by atoms with Gasteiger partial charge in [0, 0.05) is 18.0 Å². The molecule has 0 aliphatic rings. The van der Waals surface area contributed by atoms with Crippen molar-refractivity contribution in [1.82, 2.24) is 15.1 Å². The van der Waals surface area contributed by atoms with Gasteiger partial charge in [0.25, 0.3) is 5.89 Å². The van der Waals surface area contributed by atoms with Crippen molar-refractivity contribution in [2.75, 3.05) is 0 Å². The maximum atomic E-state index is 5.74. The first-order chi connectivity index (χ1) is 10.2. The molecular weight excluding hydrogens is 266 g/mol. The van der Waals surface area contributed by atoms with Crippen molar-refractivity contribution in [3.63, 3.8) is 0 Å². The summed E-state index contributed by atoms with van der Waals surface area (Å²) in [5.41, 5.74) is 3.12. The lowest BCUT2D eigenvalue weighted by atomic mass is 10.1. The van der Waals surface area contributed by atoms with Gasteiger partial charge >= 0.3 is 0 Å². The quantitative estimate of drug-likeness (QED) is 0.734. The van der Waals surface area contributed by atoms with Crippen molar-refractivity contribution in [2.24, 2.45) is 0 Å². The minimum absolute atomic E-state index is 0.248. The van der Waals surface area contributed by atoms with E-state index >= 15 is 0 Å². The molecule has 21 heavy (non-hydrogen) atoms. The highest BCUT2D eigenvalue weighted by molar-refractivity contribution is 5.51. The molecule has 0 saturated heterocycles. The monoisotopic (exact) mass is 281 g/mol. The van der Waals surface area contributed by atoms with Crippen LogP contribution in [0.1, 0.15) is 17.0 Å². The molecular formula is C16H15N3O2. The van der Waals surface area contributed by atoms with E-state index in [0.717, 1.165) is 16.9 Å². The van der Waals surface area contributed by atoms with Gasteiger partial charge in [0.2, 0.25) is 5.82 Å². The summed E-state index contributed by atoms with van der Waals surface area (Å²) in [5.74, 6) is 1.79. The van der Waals surface area contributed by atoms with Gasteiger partial charge in [-0.3, -0.25) is 4.98 Å². The minimum Gasteiger partial charge on any atom is -0.483 e. The van der Waals surface area contributed by atoms with E-state index in [4.69, 9.17) is 9.26 Å². The second-order valence-corrected chi connectivity index (χ2v) is 4.74. The van der Waals surface area contributed by atoms with Gasteiger partial charge in [0.05, 0.1) is 0 Å². The predicted octanol–water partition coefficient (Wildman–Crippen LogP) is 3.33. The first kappa shape index (κ1) is 13.3. The van der Waals surface area contributed by atoms with E-state index in [2.05, 4.69) is 28.1 Å². The van der Waals surface area contributed by atoms with Crippen LogP contribution >= 0.6 is 0 Å². The zero-order chi connectivity index (χ0) is 14.7. The molecule has 1 aromatic carbocycles. The number of nitrogens with zero attached hydrogens (tertiary/aromatic N) is 3. The topological polar surface area (TPSA) is 61.0 Å². The highest BCUT2D eigenvalue weighted by Crippen LogP contribution is 2.22. The lowest BCUT2D eigenvalue weighted by Crippen LogP contribution is -1.98. The third-order valence-electron chi connectivity index (χ3n) is 3.29. The van der Waals surface area contributed by atoms with Crippen molar-refractivity contribution in [2.45, 2.75) is 20.5 Å². The second kappa shape index (κ2) is 5.75. The molecule has 0 aliphatic carbocycles. The molecule has 0 aliphatic heterocycles. The van der Waals surface area contributed by atoms with Crippen LogP contribution in [0, 0.1) is 13.8 Å². The molecule has 0 atom stereocenters. The van der Waals surface area contributed by atoms with E-state index in [1.165, 1.54) is 5.56 Å². The number of ether oxygens (including phenoxy) is 1. The highest BCUT2D eigenvalue weighted by atomic mass is 16.5. The molecule has 0 N–H and O–H groups in total. The normalized spacial score (nSPS) is 10.6. The summed E-state index contributed by atoms with van der Waals surface area (Å²) in [6.07, 6.45) is 3.40. The Morgan fingerprint density at radius 1 is 1.14 bits per heavy atom. The number of hydrogen-bond donors (Lipinski definition) is 0. The Morgan fingerprint density at radius 3 is 2.86 bits per heavy atom. The summed E-state index contributed by atoms with van der Waals surface area (Å²) in [6, 6.07) is 9.66. The lowest BCUT2D eigenvalue weighted by Gasteiger charge is -2.08. The van der Waals surface area contributed by atoms with E-state index in [0.29, 0.717) is 11.7 Å². The molecule has 3 rings (SSSR count). The molecule has 5 heteroatoms. The number of pyridine rings is 1. The van der Waals surface area contributed by atoms with E-state index in [1.54, 1.807) is 12.4 Å². The van der Waals surface area contributed by atoms with Crippen molar-refractivity contribution >= 4 is 0 Å². The first-order valence-corrected chi connectivity index (χ1v) is 6.66. The van der Waals surface area contributed by atoms with Crippen molar-refractivity contribution in [3.05, 3.63) is 59.7 Å². The van der Waals surface area contributed by atoms with Crippen LogP contribution in [-0.4, -0.2) is 15.1 Å². The van der Waals surface area contributed by atoms with Gasteiger partial charge in [-0.15, -0.1) is 0 Å². The molecule has 106 valence electrons. The molecule has 0 saturated carbocycles.